The minimum atomic E-state index is -0.249. The topological polar surface area (TPSA) is 58.6 Å². The predicted octanol–water partition coefficient (Wildman–Crippen LogP) is 1.57. The quantitative estimate of drug-likeness (QED) is 0.909. The predicted molar refractivity (Wildman–Crippen MR) is 74.7 cm³/mol. The number of anilines is 1. The van der Waals surface area contributed by atoms with Gasteiger partial charge in [-0.3, -0.25) is 14.5 Å². The number of ether oxygens (including phenoxy) is 1. The molecule has 1 aromatic rings. The summed E-state index contributed by atoms with van der Waals surface area (Å²) in [5.41, 5.74) is 2.21. The van der Waals surface area contributed by atoms with Gasteiger partial charge in [-0.2, -0.15) is 0 Å². The molecule has 0 atom stereocenters. The molecule has 0 bridgehead atoms. The molecule has 2 amide bonds. The molecule has 0 radical (unpaired) electrons. The number of hydrogen-bond donors (Lipinski definition) is 1. The third-order valence-electron chi connectivity index (χ3n) is 3.76. The van der Waals surface area contributed by atoms with E-state index in [1.54, 1.807) is 0 Å². The van der Waals surface area contributed by atoms with Crippen molar-refractivity contribution in [2.45, 2.75) is 25.7 Å². The first-order valence-corrected chi connectivity index (χ1v) is 7.07. The van der Waals surface area contributed by atoms with E-state index in [1.165, 1.54) is 10.5 Å². The monoisotopic (exact) mass is 274 g/mol. The highest BCUT2D eigenvalue weighted by Crippen LogP contribution is 2.32. The standard InChI is InChI=1S/C15H18N2O3/c18-13-7-3-9-17(13)14(19)10-20-12-6-1-4-11-5-2-8-16-15(11)12/h1,4,6,16H,2-3,5,7-10H2. The molecular formula is C15H18N2O3. The zero-order valence-electron chi connectivity index (χ0n) is 11.4. The zero-order chi connectivity index (χ0) is 13.9. The molecule has 0 unspecified atom stereocenters. The van der Waals surface area contributed by atoms with E-state index in [9.17, 15) is 9.59 Å². The first-order chi connectivity index (χ1) is 9.75. The van der Waals surface area contributed by atoms with Crippen LogP contribution in [0.15, 0.2) is 18.2 Å². The molecule has 0 saturated carbocycles. The fourth-order valence-electron chi connectivity index (χ4n) is 2.73. The molecule has 1 fully saturated rings. The summed E-state index contributed by atoms with van der Waals surface area (Å²) < 4.78 is 5.62. The SMILES string of the molecule is O=C1CCCN1C(=O)COc1cccc2c1NCCC2. The Hall–Kier alpha value is -2.04. The van der Waals surface area contributed by atoms with Crippen LogP contribution in [0, 0.1) is 0 Å². The van der Waals surface area contributed by atoms with Gasteiger partial charge in [0.1, 0.15) is 5.75 Å². The maximum atomic E-state index is 12.0. The van der Waals surface area contributed by atoms with Crippen molar-refractivity contribution >= 4 is 17.5 Å². The third kappa shape index (κ3) is 2.48. The van der Waals surface area contributed by atoms with Gasteiger partial charge in [0.25, 0.3) is 5.91 Å². The summed E-state index contributed by atoms with van der Waals surface area (Å²) >= 11 is 0. The van der Waals surface area contributed by atoms with E-state index in [4.69, 9.17) is 4.74 Å². The number of benzene rings is 1. The molecule has 0 spiro atoms. The van der Waals surface area contributed by atoms with Crippen LogP contribution < -0.4 is 10.1 Å². The Labute approximate surface area is 117 Å². The molecule has 1 N–H and O–H groups in total. The zero-order valence-corrected chi connectivity index (χ0v) is 11.4. The lowest BCUT2D eigenvalue weighted by Crippen LogP contribution is -2.35. The van der Waals surface area contributed by atoms with E-state index in [0.717, 1.165) is 31.5 Å². The second-order valence-corrected chi connectivity index (χ2v) is 5.15. The van der Waals surface area contributed by atoms with Crippen molar-refractivity contribution < 1.29 is 14.3 Å². The van der Waals surface area contributed by atoms with Gasteiger partial charge in [0.15, 0.2) is 6.61 Å². The van der Waals surface area contributed by atoms with E-state index in [1.807, 2.05) is 12.1 Å². The van der Waals surface area contributed by atoms with Crippen LogP contribution in [0.25, 0.3) is 0 Å². The van der Waals surface area contributed by atoms with Crippen LogP contribution in [0.5, 0.6) is 5.75 Å². The molecule has 106 valence electrons. The first kappa shape index (κ1) is 13.0. The van der Waals surface area contributed by atoms with Gasteiger partial charge in [0.05, 0.1) is 5.69 Å². The highest BCUT2D eigenvalue weighted by Gasteiger charge is 2.26. The number of para-hydroxylation sites is 1. The number of amides is 2. The lowest BCUT2D eigenvalue weighted by molar-refractivity contribution is -0.143. The van der Waals surface area contributed by atoms with E-state index in [2.05, 4.69) is 11.4 Å². The molecule has 1 saturated heterocycles. The minimum absolute atomic E-state index is 0.0795. The van der Waals surface area contributed by atoms with E-state index in [0.29, 0.717) is 18.7 Å². The van der Waals surface area contributed by atoms with Crippen LogP contribution in [0.3, 0.4) is 0 Å². The van der Waals surface area contributed by atoms with Crippen LogP contribution in [0.2, 0.25) is 0 Å². The molecule has 20 heavy (non-hydrogen) atoms. The van der Waals surface area contributed by atoms with Gasteiger partial charge < -0.3 is 10.1 Å². The number of aryl methyl sites for hydroxylation is 1. The number of nitrogens with one attached hydrogen (secondary N) is 1. The van der Waals surface area contributed by atoms with Gasteiger partial charge >= 0.3 is 0 Å². The second-order valence-electron chi connectivity index (χ2n) is 5.15. The van der Waals surface area contributed by atoms with Gasteiger partial charge in [-0.25, -0.2) is 0 Å². The Morgan fingerprint density at radius 1 is 1.30 bits per heavy atom. The highest BCUT2D eigenvalue weighted by atomic mass is 16.5. The van der Waals surface area contributed by atoms with Crippen LogP contribution in [0.1, 0.15) is 24.8 Å². The van der Waals surface area contributed by atoms with E-state index >= 15 is 0 Å². The summed E-state index contributed by atoms with van der Waals surface area (Å²) in [6, 6.07) is 5.86. The molecule has 2 aliphatic heterocycles. The second kappa shape index (κ2) is 5.53. The Balaban J connectivity index is 1.66. The fraction of sp³-hybridized carbons (Fsp3) is 0.467. The van der Waals surface area contributed by atoms with Gasteiger partial charge in [-0.1, -0.05) is 12.1 Å². The van der Waals surface area contributed by atoms with Crippen molar-refractivity contribution in [1.82, 2.24) is 4.90 Å². The molecule has 0 aliphatic carbocycles. The Kier molecular flexibility index (Phi) is 3.58. The number of carbonyl (C=O) groups is 2. The van der Waals surface area contributed by atoms with Crippen molar-refractivity contribution in [2.24, 2.45) is 0 Å². The summed E-state index contributed by atoms with van der Waals surface area (Å²) in [5, 5.41) is 3.32. The molecule has 5 heteroatoms. The van der Waals surface area contributed by atoms with Crippen molar-refractivity contribution in [3.8, 4) is 5.75 Å². The first-order valence-electron chi connectivity index (χ1n) is 7.07. The maximum absolute atomic E-state index is 12.0. The molecular weight excluding hydrogens is 256 g/mol. The fourth-order valence-corrected chi connectivity index (χ4v) is 2.73. The summed E-state index contributed by atoms with van der Waals surface area (Å²) in [6.07, 6.45) is 3.36. The van der Waals surface area contributed by atoms with Crippen LogP contribution in [-0.4, -0.2) is 36.4 Å². The average molecular weight is 274 g/mol. The van der Waals surface area contributed by atoms with Crippen LogP contribution in [0.4, 0.5) is 5.69 Å². The summed E-state index contributed by atoms with van der Waals surface area (Å²) in [5.74, 6) is 0.356. The highest BCUT2D eigenvalue weighted by molar-refractivity contribution is 5.97. The number of fused-ring (bicyclic) bond motifs is 1. The Morgan fingerprint density at radius 3 is 3.00 bits per heavy atom. The minimum Gasteiger partial charge on any atom is -0.482 e. The lowest BCUT2D eigenvalue weighted by Gasteiger charge is -2.21. The van der Waals surface area contributed by atoms with Gasteiger partial charge in [-0.05, 0) is 30.9 Å². The summed E-state index contributed by atoms with van der Waals surface area (Å²) in [7, 11) is 0. The molecule has 1 aromatic carbocycles. The molecule has 2 aliphatic rings. The summed E-state index contributed by atoms with van der Waals surface area (Å²) in [4.78, 5) is 24.7. The number of carbonyl (C=O) groups excluding carboxylic acids is 2. The third-order valence-corrected chi connectivity index (χ3v) is 3.76. The largest absolute Gasteiger partial charge is 0.482 e. The average Bonchev–Trinajstić information content (AvgIpc) is 2.91. The van der Waals surface area contributed by atoms with Crippen LogP contribution >= 0.6 is 0 Å². The number of imide groups is 1. The molecule has 3 rings (SSSR count). The molecule has 5 nitrogen and oxygen atoms in total. The van der Waals surface area contributed by atoms with E-state index < -0.39 is 0 Å². The van der Waals surface area contributed by atoms with Gasteiger partial charge in [0.2, 0.25) is 5.91 Å². The van der Waals surface area contributed by atoms with Crippen LogP contribution in [-0.2, 0) is 16.0 Å². The van der Waals surface area contributed by atoms with Crippen molar-refractivity contribution in [2.75, 3.05) is 25.0 Å². The number of nitrogens with zero attached hydrogens (tertiary/aromatic N) is 1. The van der Waals surface area contributed by atoms with E-state index in [-0.39, 0.29) is 18.4 Å². The number of likely N-dealkylation sites (tertiary alicyclic amines) is 1. The number of hydrogen-bond acceptors (Lipinski definition) is 4. The summed E-state index contributed by atoms with van der Waals surface area (Å²) in [6.45, 7) is 1.36. The normalized spacial score (nSPS) is 17.6. The van der Waals surface area contributed by atoms with Gasteiger partial charge in [0, 0.05) is 19.5 Å². The molecule has 0 aromatic heterocycles. The van der Waals surface area contributed by atoms with Gasteiger partial charge in [-0.15, -0.1) is 0 Å². The van der Waals surface area contributed by atoms with Crippen molar-refractivity contribution in [3.05, 3.63) is 23.8 Å². The lowest BCUT2D eigenvalue weighted by atomic mass is 10.0. The Morgan fingerprint density at radius 2 is 2.20 bits per heavy atom. The Bertz CT molecular complexity index is 542. The molecule has 2 heterocycles. The van der Waals surface area contributed by atoms with Crippen molar-refractivity contribution in [3.63, 3.8) is 0 Å². The number of rotatable bonds is 3. The maximum Gasteiger partial charge on any atom is 0.267 e. The smallest absolute Gasteiger partial charge is 0.267 e. The van der Waals surface area contributed by atoms with Crippen molar-refractivity contribution in [1.29, 1.82) is 0 Å².